The molecule has 0 saturated heterocycles. The number of amides is 2. The normalized spacial score (nSPS) is 15.9. The second-order valence-corrected chi connectivity index (χ2v) is 7.27. The number of nitrogens with zero attached hydrogens (tertiary/aromatic N) is 1. The number of anilines is 1. The van der Waals surface area contributed by atoms with Gasteiger partial charge in [-0.25, -0.2) is 4.79 Å². The maximum atomic E-state index is 13.1. The molecule has 6 nitrogen and oxygen atoms in total. The summed E-state index contributed by atoms with van der Waals surface area (Å²) < 4.78 is 16.1. The lowest BCUT2D eigenvalue weighted by atomic mass is 9.94. The lowest BCUT2D eigenvalue weighted by Gasteiger charge is -2.34. The van der Waals surface area contributed by atoms with Gasteiger partial charge in [-0.05, 0) is 54.8 Å². The molecule has 28 heavy (non-hydrogen) atoms. The molecule has 2 aromatic carbocycles. The number of ether oxygens (including phenoxy) is 3. The van der Waals surface area contributed by atoms with Crippen LogP contribution in [0.5, 0.6) is 17.2 Å². The Kier molecular flexibility index (Phi) is 5.55. The van der Waals surface area contributed by atoms with E-state index in [2.05, 4.69) is 5.32 Å². The van der Waals surface area contributed by atoms with E-state index in [1.165, 1.54) is 6.42 Å². The average molecular weight is 382 g/mol. The molecule has 2 aliphatic rings. The van der Waals surface area contributed by atoms with E-state index in [1.54, 1.807) is 7.11 Å². The zero-order chi connectivity index (χ0) is 19.3. The highest BCUT2D eigenvalue weighted by molar-refractivity contribution is 5.89. The molecule has 0 spiro atoms. The van der Waals surface area contributed by atoms with Crippen LogP contribution >= 0.6 is 0 Å². The molecule has 1 aliphatic heterocycles. The van der Waals surface area contributed by atoms with Gasteiger partial charge in [0.15, 0.2) is 11.5 Å². The molecule has 1 fully saturated rings. The highest BCUT2D eigenvalue weighted by Gasteiger charge is 2.26. The summed E-state index contributed by atoms with van der Waals surface area (Å²) in [5.74, 6) is 2.27. The van der Waals surface area contributed by atoms with Crippen LogP contribution in [0, 0.1) is 0 Å². The Morgan fingerprint density at radius 2 is 1.82 bits per heavy atom. The fourth-order valence-electron chi connectivity index (χ4n) is 3.87. The SMILES string of the molecule is COc1ccc(NC(=O)N(Cc2ccc3c(c2)OCO3)C2CCCCC2)cc1. The zero-order valence-electron chi connectivity index (χ0n) is 16.1. The van der Waals surface area contributed by atoms with Crippen molar-refractivity contribution in [1.82, 2.24) is 4.90 Å². The first-order chi connectivity index (χ1) is 13.7. The Hall–Kier alpha value is -2.89. The van der Waals surface area contributed by atoms with Gasteiger partial charge >= 0.3 is 6.03 Å². The zero-order valence-corrected chi connectivity index (χ0v) is 16.1. The van der Waals surface area contributed by atoms with Crippen molar-refractivity contribution in [3.05, 3.63) is 48.0 Å². The van der Waals surface area contributed by atoms with Gasteiger partial charge < -0.3 is 24.4 Å². The van der Waals surface area contributed by atoms with Crippen LogP contribution in [0.15, 0.2) is 42.5 Å². The van der Waals surface area contributed by atoms with Gasteiger partial charge in [-0.3, -0.25) is 0 Å². The maximum Gasteiger partial charge on any atom is 0.322 e. The van der Waals surface area contributed by atoms with E-state index < -0.39 is 0 Å². The second kappa shape index (κ2) is 8.42. The summed E-state index contributed by atoms with van der Waals surface area (Å²) >= 11 is 0. The Morgan fingerprint density at radius 1 is 1.07 bits per heavy atom. The Balaban J connectivity index is 1.51. The van der Waals surface area contributed by atoms with Crippen molar-refractivity contribution in [2.45, 2.75) is 44.7 Å². The number of benzene rings is 2. The minimum absolute atomic E-state index is 0.0743. The molecule has 1 saturated carbocycles. The van der Waals surface area contributed by atoms with Gasteiger partial charge in [-0.1, -0.05) is 25.3 Å². The van der Waals surface area contributed by atoms with Crippen LogP contribution in [-0.2, 0) is 6.54 Å². The van der Waals surface area contributed by atoms with Crippen molar-refractivity contribution in [2.24, 2.45) is 0 Å². The fourth-order valence-corrected chi connectivity index (χ4v) is 3.87. The topological polar surface area (TPSA) is 60.0 Å². The monoisotopic (exact) mass is 382 g/mol. The minimum atomic E-state index is -0.0743. The van der Waals surface area contributed by atoms with Crippen LogP contribution in [0.2, 0.25) is 0 Å². The summed E-state index contributed by atoms with van der Waals surface area (Å²) in [7, 11) is 1.63. The van der Waals surface area contributed by atoms with E-state index >= 15 is 0 Å². The van der Waals surface area contributed by atoms with Crippen LogP contribution < -0.4 is 19.5 Å². The highest BCUT2D eigenvalue weighted by atomic mass is 16.7. The van der Waals surface area contributed by atoms with Crippen molar-refractivity contribution in [3.63, 3.8) is 0 Å². The molecule has 4 rings (SSSR count). The van der Waals surface area contributed by atoms with E-state index in [-0.39, 0.29) is 18.9 Å². The molecule has 1 aliphatic carbocycles. The summed E-state index contributed by atoms with van der Waals surface area (Å²) in [5.41, 5.74) is 1.80. The Morgan fingerprint density at radius 3 is 2.57 bits per heavy atom. The third kappa shape index (κ3) is 4.16. The van der Waals surface area contributed by atoms with Crippen molar-refractivity contribution in [3.8, 4) is 17.2 Å². The third-order valence-electron chi connectivity index (χ3n) is 5.41. The lowest BCUT2D eigenvalue weighted by molar-refractivity contribution is 0.162. The molecule has 1 heterocycles. The van der Waals surface area contributed by atoms with E-state index in [1.807, 2.05) is 47.4 Å². The minimum Gasteiger partial charge on any atom is -0.497 e. The average Bonchev–Trinajstić information content (AvgIpc) is 3.21. The van der Waals surface area contributed by atoms with Crippen molar-refractivity contribution < 1.29 is 19.0 Å². The van der Waals surface area contributed by atoms with Crippen molar-refractivity contribution in [2.75, 3.05) is 19.2 Å². The largest absolute Gasteiger partial charge is 0.497 e. The number of urea groups is 1. The summed E-state index contributed by atoms with van der Waals surface area (Å²) in [6.07, 6.45) is 5.66. The number of rotatable bonds is 5. The quantitative estimate of drug-likeness (QED) is 0.808. The molecular weight excluding hydrogens is 356 g/mol. The number of nitrogens with one attached hydrogen (secondary N) is 1. The van der Waals surface area contributed by atoms with Crippen LogP contribution in [0.25, 0.3) is 0 Å². The molecule has 0 unspecified atom stereocenters. The number of fused-ring (bicyclic) bond motifs is 1. The van der Waals surface area contributed by atoms with Crippen LogP contribution in [-0.4, -0.2) is 30.9 Å². The molecule has 2 aromatic rings. The smallest absolute Gasteiger partial charge is 0.322 e. The van der Waals surface area contributed by atoms with Crippen LogP contribution in [0.1, 0.15) is 37.7 Å². The number of carbonyl (C=O) groups excluding carboxylic acids is 1. The van der Waals surface area contributed by atoms with Gasteiger partial charge in [0.2, 0.25) is 6.79 Å². The summed E-state index contributed by atoms with van der Waals surface area (Å²) in [6.45, 7) is 0.798. The van der Waals surface area contributed by atoms with Crippen LogP contribution in [0.3, 0.4) is 0 Å². The maximum absolute atomic E-state index is 13.1. The molecule has 0 bridgehead atoms. The van der Waals surface area contributed by atoms with Gasteiger partial charge in [0, 0.05) is 18.3 Å². The fraction of sp³-hybridized carbons (Fsp3) is 0.409. The molecule has 0 atom stereocenters. The van der Waals surface area contributed by atoms with E-state index in [0.717, 1.165) is 54.2 Å². The predicted octanol–water partition coefficient (Wildman–Crippen LogP) is 4.79. The van der Waals surface area contributed by atoms with Crippen molar-refractivity contribution in [1.29, 1.82) is 0 Å². The molecule has 0 aromatic heterocycles. The molecule has 6 heteroatoms. The third-order valence-corrected chi connectivity index (χ3v) is 5.41. The van der Waals surface area contributed by atoms with Gasteiger partial charge in [0.05, 0.1) is 7.11 Å². The second-order valence-electron chi connectivity index (χ2n) is 7.27. The number of carbonyl (C=O) groups is 1. The Bertz CT molecular complexity index is 816. The molecule has 148 valence electrons. The van der Waals surface area contributed by atoms with E-state index in [9.17, 15) is 4.79 Å². The number of hydrogen-bond donors (Lipinski definition) is 1. The summed E-state index contributed by atoms with van der Waals surface area (Å²) in [6, 6.07) is 13.5. The number of hydrogen-bond acceptors (Lipinski definition) is 4. The summed E-state index contributed by atoms with van der Waals surface area (Å²) in [4.78, 5) is 15.1. The molecule has 2 amide bonds. The molecule has 1 N–H and O–H groups in total. The number of methoxy groups -OCH3 is 1. The lowest BCUT2D eigenvalue weighted by Crippen LogP contribution is -2.43. The van der Waals surface area contributed by atoms with E-state index in [0.29, 0.717) is 6.54 Å². The summed E-state index contributed by atoms with van der Waals surface area (Å²) in [5, 5.41) is 3.04. The van der Waals surface area contributed by atoms with Gasteiger partial charge in [-0.15, -0.1) is 0 Å². The standard InChI is InChI=1S/C22H26N2O4/c1-26-19-10-8-17(9-11-19)23-22(25)24(18-5-3-2-4-6-18)14-16-7-12-20-21(13-16)28-15-27-20/h7-13,18H,2-6,14-15H2,1H3,(H,23,25). The van der Waals surface area contributed by atoms with Gasteiger partial charge in [-0.2, -0.15) is 0 Å². The van der Waals surface area contributed by atoms with Crippen molar-refractivity contribution >= 4 is 11.7 Å². The molecular formula is C22H26N2O4. The first-order valence-electron chi connectivity index (χ1n) is 9.83. The first kappa shape index (κ1) is 18.5. The highest BCUT2D eigenvalue weighted by Crippen LogP contribution is 2.33. The predicted molar refractivity (Wildman–Crippen MR) is 107 cm³/mol. The Labute approximate surface area is 165 Å². The molecule has 0 radical (unpaired) electrons. The van der Waals surface area contributed by atoms with Gasteiger partial charge in [0.1, 0.15) is 5.75 Å². The van der Waals surface area contributed by atoms with Crippen LogP contribution in [0.4, 0.5) is 10.5 Å². The van der Waals surface area contributed by atoms with E-state index in [4.69, 9.17) is 14.2 Å². The first-order valence-corrected chi connectivity index (χ1v) is 9.83. The van der Waals surface area contributed by atoms with Gasteiger partial charge in [0.25, 0.3) is 0 Å².